The van der Waals surface area contributed by atoms with E-state index in [1.54, 1.807) is 6.92 Å². The molecule has 5 unspecified atom stereocenters. The van der Waals surface area contributed by atoms with Crippen LogP contribution in [-0.4, -0.2) is 23.8 Å². The molecule has 0 spiro atoms. The summed E-state index contributed by atoms with van der Waals surface area (Å²) in [5, 5.41) is 0. The normalized spacial score (nSPS) is 45.4. The molecule has 5 atom stereocenters. The van der Waals surface area contributed by atoms with E-state index in [0.29, 0.717) is 18.1 Å². The molecule has 2 aliphatic carbocycles. The third-order valence-corrected chi connectivity index (χ3v) is 6.46. The molecule has 0 amide bonds. The zero-order chi connectivity index (χ0) is 13.7. The lowest BCUT2D eigenvalue weighted by molar-refractivity contribution is -0.173. The Bertz CT molecular complexity index is 399. The van der Waals surface area contributed by atoms with E-state index >= 15 is 0 Å². The summed E-state index contributed by atoms with van der Waals surface area (Å²) in [6.45, 7) is 1.57. The summed E-state index contributed by atoms with van der Waals surface area (Å²) in [6, 6.07) is 0. The number of rotatable bonds is 2. The fourth-order valence-corrected chi connectivity index (χ4v) is 5.80. The van der Waals surface area contributed by atoms with Gasteiger partial charge in [0.1, 0.15) is 5.60 Å². The summed E-state index contributed by atoms with van der Waals surface area (Å²) in [5.41, 5.74) is -0.197. The number of carbonyl (C=O) groups is 1. The number of hydrogen-bond acceptors (Lipinski definition) is 3. The number of carbonyl (C=O) groups excluding carboxylic acids is 1. The maximum atomic E-state index is 11.6. The molecule has 2 saturated heterocycles. The highest BCUT2D eigenvalue weighted by Crippen LogP contribution is 2.58. The smallest absolute Gasteiger partial charge is 0.303 e. The van der Waals surface area contributed by atoms with Gasteiger partial charge in [-0.2, -0.15) is 0 Å². The molecule has 0 aromatic heterocycles. The van der Waals surface area contributed by atoms with Crippen LogP contribution in [0.5, 0.6) is 0 Å². The van der Waals surface area contributed by atoms with Crippen LogP contribution < -0.4 is 0 Å². The Hall–Kier alpha value is -0.570. The molecule has 112 valence electrons. The zero-order valence-corrected chi connectivity index (χ0v) is 12.5. The van der Waals surface area contributed by atoms with Crippen molar-refractivity contribution in [1.29, 1.82) is 0 Å². The predicted octanol–water partition coefficient (Wildman–Crippen LogP) is 3.46. The molecule has 0 radical (unpaired) electrons. The number of esters is 1. The van der Waals surface area contributed by atoms with Gasteiger partial charge in [0.05, 0.1) is 12.2 Å². The van der Waals surface area contributed by atoms with Crippen LogP contribution >= 0.6 is 0 Å². The molecule has 2 saturated carbocycles. The molecule has 20 heavy (non-hydrogen) atoms. The van der Waals surface area contributed by atoms with Crippen molar-refractivity contribution >= 4 is 5.97 Å². The van der Waals surface area contributed by atoms with Gasteiger partial charge in [-0.1, -0.05) is 12.8 Å². The minimum Gasteiger partial charge on any atom is -0.459 e. The van der Waals surface area contributed by atoms with E-state index in [1.807, 2.05) is 0 Å². The quantitative estimate of drug-likeness (QED) is 0.726. The highest BCUT2D eigenvalue weighted by Gasteiger charge is 2.61. The second-order valence-corrected chi connectivity index (χ2v) is 7.46. The standard InChI is InChI=1S/C17H26O3/c1-11(18)20-17(8-3-2-4-9-17)14-10-15-12-6-5-7-13(12)16(14)19-15/h12-16H,2-10H2,1H3. The van der Waals surface area contributed by atoms with Crippen molar-refractivity contribution in [3.8, 4) is 0 Å². The average molecular weight is 278 g/mol. The largest absolute Gasteiger partial charge is 0.459 e. The lowest BCUT2D eigenvalue weighted by atomic mass is 9.65. The molecule has 2 heterocycles. The Morgan fingerprint density at radius 1 is 1.10 bits per heavy atom. The van der Waals surface area contributed by atoms with Gasteiger partial charge < -0.3 is 9.47 Å². The molecule has 3 heteroatoms. The zero-order valence-electron chi connectivity index (χ0n) is 12.5. The molecule has 4 rings (SSSR count). The Morgan fingerprint density at radius 2 is 1.85 bits per heavy atom. The first kappa shape index (κ1) is 13.1. The van der Waals surface area contributed by atoms with Crippen LogP contribution in [0.3, 0.4) is 0 Å². The molecular weight excluding hydrogens is 252 g/mol. The SMILES string of the molecule is CC(=O)OC1(C2CC3OC2C2CCCC32)CCCCC1. The first-order valence-corrected chi connectivity index (χ1v) is 8.55. The maximum Gasteiger partial charge on any atom is 0.303 e. The fraction of sp³-hybridized carbons (Fsp3) is 0.941. The number of ether oxygens (including phenoxy) is 2. The van der Waals surface area contributed by atoms with Crippen molar-refractivity contribution in [2.24, 2.45) is 17.8 Å². The van der Waals surface area contributed by atoms with Gasteiger partial charge in [-0.05, 0) is 56.8 Å². The summed E-state index contributed by atoms with van der Waals surface area (Å²) < 4.78 is 12.3. The topological polar surface area (TPSA) is 35.5 Å². The van der Waals surface area contributed by atoms with Crippen LogP contribution in [0.1, 0.15) is 64.7 Å². The first-order valence-electron chi connectivity index (χ1n) is 8.55. The molecule has 4 aliphatic rings. The molecule has 0 aromatic carbocycles. The Morgan fingerprint density at radius 3 is 2.60 bits per heavy atom. The molecule has 2 aliphatic heterocycles. The van der Waals surface area contributed by atoms with Gasteiger partial charge in [0, 0.05) is 12.8 Å². The van der Waals surface area contributed by atoms with E-state index in [9.17, 15) is 4.79 Å². The first-order chi connectivity index (χ1) is 9.70. The van der Waals surface area contributed by atoms with Crippen LogP contribution in [0.15, 0.2) is 0 Å². The summed E-state index contributed by atoms with van der Waals surface area (Å²) in [4.78, 5) is 11.6. The van der Waals surface area contributed by atoms with E-state index in [2.05, 4.69) is 0 Å². The highest BCUT2D eigenvalue weighted by molar-refractivity contribution is 5.66. The molecule has 0 N–H and O–H groups in total. The summed E-state index contributed by atoms with van der Waals surface area (Å²) in [6.07, 6.45) is 11.9. The molecule has 4 fully saturated rings. The maximum absolute atomic E-state index is 11.6. The van der Waals surface area contributed by atoms with Gasteiger partial charge in [0.15, 0.2) is 0 Å². The van der Waals surface area contributed by atoms with E-state index < -0.39 is 0 Å². The predicted molar refractivity (Wildman–Crippen MR) is 75.2 cm³/mol. The van der Waals surface area contributed by atoms with Gasteiger partial charge in [-0.15, -0.1) is 0 Å². The van der Waals surface area contributed by atoms with Gasteiger partial charge in [0.25, 0.3) is 0 Å². The van der Waals surface area contributed by atoms with Crippen LogP contribution in [-0.2, 0) is 14.3 Å². The second kappa shape index (κ2) is 4.72. The van der Waals surface area contributed by atoms with Crippen molar-refractivity contribution in [1.82, 2.24) is 0 Å². The van der Waals surface area contributed by atoms with E-state index in [4.69, 9.17) is 9.47 Å². The lowest BCUT2D eigenvalue weighted by Crippen LogP contribution is -2.50. The average Bonchev–Trinajstić information content (AvgIpc) is 3.11. The Kier molecular flexibility index (Phi) is 3.10. The van der Waals surface area contributed by atoms with Crippen molar-refractivity contribution in [3.05, 3.63) is 0 Å². The lowest BCUT2D eigenvalue weighted by Gasteiger charge is -2.45. The van der Waals surface area contributed by atoms with Gasteiger partial charge in [-0.25, -0.2) is 0 Å². The molecule has 0 aromatic rings. The fourth-order valence-electron chi connectivity index (χ4n) is 5.80. The summed E-state index contributed by atoms with van der Waals surface area (Å²) in [5.74, 6) is 1.94. The number of hydrogen-bond donors (Lipinski definition) is 0. The molecule has 3 nitrogen and oxygen atoms in total. The van der Waals surface area contributed by atoms with Crippen molar-refractivity contribution in [2.75, 3.05) is 0 Å². The van der Waals surface area contributed by atoms with E-state index in [0.717, 1.165) is 31.1 Å². The van der Waals surface area contributed by atoms with Gasteiger partial charge in [0.2, 0.25) is 0 Å². The molecular formula is C17H26O3. The Labute approximate surface area is 121 Å². The third-order valence-electron chi connectivity index (χ3n) is 6.46. The van der Waals surface area contributed by atoms with Crippen LogP contribution in [0, 0.1) is 17.8 Å². The third kappa shape index (κ3) is 1.85. The van der Waals surface area contributed by atoms with Crippen molar-refractivity contribution in [2.45, 2.75) is 82.5 Å². The summed E-state index contributed by atoms with van der Waals surface area (Å²) >= 11 is 0. The summed E-state index contributed by atoms with van der Waals surface area (Å²) in [7, 11) is 0. The number of fused-ring (bicyclic) bond motifs is 5. The van der Waals surface area contributed by atoms with Crippen molar-refractivity contribution in [3.63, 3.8) is 0 Å². The molecule has 2 bridgehead atoms. The van der Waals surface area contributed by atoms with Crippen LogP contribution in [0.2, 0.25) is 0 Å². The second-order valence-electron chi connectivity index (χ2n) is 7.46. The van der Waals surface area contributed by atoms with E-state index in [1.165, 1.54) is 38.5 Å². The highest BCUT2D eigenvalue weighted by atomic mass is 16.6. The van der Waals surface area contributed by atoms with Gasteiger partial charge >= 0.3 is 5.97 Å². The minimum absolute atomic E-state index is 0.0994. The monoisotopic (exact) mass is 278 g/mol. The van der Waals surface area contributed by atoms with E-state index in [-0.39, 0.29) is 11.6 Å². The van der Waals surface area contributed by atoms with Gasteiger partial charge in [-0.3, -0.25) is 4.79 Å². The van der Waals surface area contributed by atoms with Crippen LogP contribution in [0.4, 0.5) is 0 Å². The Balaban J connectivity index is 1.59. The van der Waals surface area contributed by atoms with Crippen molar-refractivity contribution < 1.29 is 14.3 Å². The minimum atomic E-state index is -0.197. The van der Waals surface area contributed by atoms with Crippen LogP contribution in [0.25, 0.3) is 0 Å².